The van der Waals surface area contributed by atoms with E-state index in [1.165, 1.54) is 11.1 Å². The molecule has 0 amide bonds. The van der Waals surface area contributed by atoms with Crippen LogP contribution in [0.15, 0.2) is 35.0 Å². The molecule has 2 aromatic rings. The van der Waals surface area contributed by atoms with Crippen LogP contribution in [-0.4, -0.2) is 43.5 Å². The van der Waals surface area contributed by atoms with E-state index in [9.17, 15) is 4.79 Å². The molecule has 0 atom stereocenters. The van der Waals surface area contributed by atoms with Gasteiger partial charge in [-0.2, -0.15) is 11.3 Å². The highest BCUT2D eigenvalue weighted by atomic mass is 32.1. The van der Waals surface area contributed by atoms with Crippen LogP contribution in [-0.2, 0) is 11.2 Å². The highest BCUT2D eigenvalue weighted by molar-refractivity contribution is 7.08. The lowest BCUT2D eigenvalue weighted by Gasteiger charge is -2.26. The van der Waals surface area contributed by atoms with Gasteiger partial charge >= 0.3 is 0 Å². The lowest BCUT2D eigenvalue weighted by atomic mass is 9.98. The van der Waals surface area contributed by atoms with Crippen molar-refractivity contribution in [2.45, 2.75) is 13.3 Å². The summed E-state index contributed by atoms with van der Waals surface area (Å²) in [5, 5.41) is 3.85. The fourth-order valence-corrected chi connectivity index (χ4v) is 3.42. The van der Waals surface area contributed by atoms with E-state index in [0.29, 0.717) is 0 Å². The maximum absolute atomic E-state index is 12.4. The van der Waals surface area contributed by atoms with E-state index in [1.807, 2.05) is 29.0 Å². The number of nitrogens with zero attached hydrogens (tertiary/aromatic N) is 1. The predicted molar refractivity (Wildman–Crippen MR) is 89.9 cm³/mol. The molecule has 0 unspecified atom stereocenters. The fourth-order valence-electron chi connectivity index (χ4n) is 2.78. The fraction of sp³-hybridized carbons (Fsp3) is 0.389. The molecule has 0 bridgehead atoms. The minimum Gasteiger partial charge on any atom is -0.379 e. The lowest BCUT2D eigenvalue weighted by molar-refractivity contribution is 0.0384. The van der Waals surface area contributed by atoms with Gasteiger partial charge in [-0.05, 0) is 42.0 Å². The Labute approximate surface area is 135 Å². The second-order valence-corrected chi connectivity index (χ2v) is 6.47. The molecule has 2 heterocycles. The van der Waals surface area contributed by atoms with Crippen molar-refractivity contribution >= 4 is 17.1 Å². The molecular formula is C18H21NO2S. The van der Waals surface area contributed by atoms with E-state index in [2.05, 4.69) is 17.9 Å². The second-order valence-electron chi connectivity index (χ2n) is 5.69. The molecule has 1 aliphatic rings. The highest BCUT2D eigenvalue weighted by Crippen LogP contribution is 2.17. The Balaban J connectivity index is 1.65. The molecule has 0 spiro atoms. The first kappa shape index (κ1) is 15.4. The Morgan fingerprint density at radius 2 is 2.05 bits per heavy atom. The van der Waals surface area contributed by atoms with Crippen molar-refractivity contribution in [1.82, 2.24) is 4.90 Å². The summed E-state index contributed by atoms with van der Waals surface area (Å²) >= 11 is 1.56. The molecule has 0 aliphatic carbocycles. The molecule has 3 rings (SSSR count). The van der Waals surface area contributed by atoms with Gasteiger partial charge < -0.3 is 4.74 Å². The van der Waals surface area contributed by atoms with Crippen molar-refractivity contribution in [3.05, 3.63) is 57.3 Å². The number of hydrogen-bond donors (Lipinski definition) is 0. The summed E-state index contributed by atoms with van der Waals surface area (Å²) in [6, 6.07) is 7.97. The van der Waals surface area contributed by atoms with E-state index < -0.39 is 0 Å². The quantitative estimate of drug-likeness (QED) is 0.794. The SMILES string of the molecule is Cc1cc(C(=O)c2ccsc2)ccc1CCN1CCOCC1. The Kier molecular flexibility index (Phi) is 5.03. The molecule has 22 heavy (non-hydrogen) atoms. The average molecular weight is 315 g/mol. The van der Waals surface area contributed by atoms with Crippen LogP contribution in [0.1, 0.15) is 27.0 Å². The maximum Gasteiger partial charge on any atom is 0.193 e. The van der Waals surface area contributed by atoms with Crippen molar-refractivity contribution < 1.29 is 9.53 Å². The van der Waals surface area contributed by atoms with Crippen molar-refractivity contribution in [3.63, 3.8) is 0 Å². The van der Waals surface area contributed by atoms with Crippen molar-refractivity contribution in [2.24, 2.45) is 0 Å². The monoisotopic (exact) mass is 315 g/mol. The third kappa shape index (κ3) is 3.64. The number of ketones is 1. The minimum atomic E-state index is 0.115. The molecular weight excluding hydrogens is 294 g/mol. The maximum atomic E-state index is 12.4. The Bertz CT molecular complexity index is 631. The third-order valence-corrected chi connectivity index (χ3v) is 4.87. The molecule has 0 N–H and O–H groups in total. The number of benzene rings is 1. The predicted octanol–water partition coefficient (Wildman–Crippen LogP) is 3.16. The van der Waals surface area contributed by atoms with Gasteiger partial charge in [0, 0.05) is 36.1 Å². The van der Waals surface area contributed by atoms with Gasteiger partial charge in [0.1, 0.15) is 0 Å². The molecule has 116 valence electrons. The van der Waals surface area contributed by atoms with Gasteiger partial charge in [0.25, 0.3) is 0 Å². The molecule has 0 radical (unpaired) electrons. The summed E-state index contributed by atoms with van der Waals surface area (Å²) < 4.78 is 5.37. The van der Waals surface area contributed by atoms with Crippen LogP contribution >= 0.6 is 11.3 Å². The van der Waals surface area contributed by atoms with Gasteiger partial charge in [-0.15, -0.1) is 0 Å². The van der Waals surface area contributed by atoms with Gasteiger partial charge in [0.2, 0.25) is 0 Å². The average Bonchev–Trinajstić information content (AvgIpc) is 3.08. The van der Waals surface area contributed by atoms with Gasteiger partial charge in [-0.3, -0.25) is 9.69 Å². The zero-order valence-electron chi connectivity index (χ0n) is 12.9. The van der Waals surface area contributed by atoms with Crippen molar-refractivity contribution in [3.8, 4) is 0 Å². The standard InChI is InChI=1S/C18H21NO2S/c1-14-12-16(18(20)17-5-11-22-13-17)3-2-15(14)4-6-19-7-9-21-10-8-19/h2-3,5,11-13H,4,6-10H2,1H3. The summed E-state index contributed by atoms with van der Waals surface area (Å²) in [5.41, 5.74) is 4.10. The third-order valence-electron chi connectivity index (χ3n) is 4.19. The van der Waals surface area contributed by atoms with Crippen LogP contribution < -0.4 is 0 Å². The summed E-state index contributed by atoms with van der Waals surface area (Å²) in [6.45, 7) is 6.88. The first-order valence-corrected chi connectivity index (χ1v) is 8.65. The zero-order valence-corrected chi connectivity index (χ0v) is 13.7. The highest BCUT2D eigenvalue weighted by Gasteiger charge is 2.13. The molecule has 0 saturated carbocycles. The van der Waals surface area contributed by atoms with Gasteiger partial charge in [0.15, 0.2) is 5.78 Å². The van der Waals surface area contributed by atoms with Crippen LogP contribution in [0.5, 0.6) is 0 Å². The van der Waals surface area contributed by atoms with Crippen molar-refractivity contribution in [2.75, 3.05) is 32.8 Å². The number of hydrogen-bond acceptors (Lipinski definition) is 4. The van der Waals surface area contributed by atoms with E-state index >= 15 is 0 Å². The first-order chi connectivity index (χ1) is 10.7. The summed E-state index contributed by atoms with van der Waals surface area (Å²) in [6.07, 6.45) is 1.03. The minimum absolute atomic E-state index is 0.115. The number of ether oxygens (including phenoxy) is 1. The lowest BCUT2D eigenvalue weighted by Crippen LogP contribution is -2.37. The number of carbonyl (C=O) groups excluding carboxylic acids is 1. The van der Waals surface area contributed by atoms with Crippen molar-refractivity contribution in [1.29, 1.82) is 0 Å². The summed E-state index contributed by atoms with van der Waals surface area (Å²) in [4.78, 5) is 14.8. The van der Waals surface area contributed by atoms with E-state index in [4.69, 9.17) is 4.74 Å². The zero-order chi connectivity index (χ0) is 15.4. The van der Waals surface area contributed by atoms with E-state index in [0.717, 1.165) is 50.4 Å². The molecule has 4 heteroatoms. The van der Waals surface area contributed by atoms with Crippen LogP contribution in [0, 0.1) is 6.92 Å². The summed E-state index contributed by atoms with van der Waals surface area (Å²) in [7, 11) is 0. The molecule has 1 saturated heterocycles. The van der Waals surface area contributed by atoms with E-state index in [-0.39, 0.29) is 5.78 Å². The van der Waals surface area contributed by atoms with Crippen LogP contribution in [0.2, 0.25) is 0 Å². The Morgan fingerprint density at radius 1 is 1.23 bits per heavy atom. The van der Waals surface area contributed by atoms with Gasteiger partial charge in [-0.25, -0.2) is 0 Å². The molecule has 1 fully saturated rings. The molecule has 1 aromatic carbocycles. The summed E-state index contributed by atoms with van der Waals surface area (Å²) in [5.74, 6) is 0.115. The normalized spacial score (nSPS) is 15.9. The molecule has 3 nitrogen and oxygen atoms in total. The number of carbonyl (C=O) groups is 1. The van der Waals surface area contributed by atoms with Gasteiger partial charge in [0.05, 0.1) is 13.2 Å². The molecule has 1 aliphatic heterocycles. The number of aryl methyl sites for hydroxylation is 1. The smallest absolute Gasteiger partial charge is 0.193 e. The molecule has 1 aromatic heterocycles. The largest absolute Gasteiger partial charge is 0.379 e. The topological polar surface area (TPSA) is 29.5 Å². The second kappa shape index (κ2) is 7.18. The van der Waals surface area contributed by atoms with E-state index in [1.54, 1.807) is 11.3 Å². The Hall–Kier alpha value is -1.49. The van der Waals surface area contributed by atoms with Crippen LogP contribution in [0.3, 0.4) is 0 Å². The first-order valence-electron chi connectivity index (χ1n) is 7.70. The Morgan fingerprint density at radius 3 is 2.73 bits per heavy atom. The van der Waals surface area contributed by atoms with Gasteiger partial charge in [-0.1, -0.05) is 12.1 Å². The number of rotatable bonds is 5. The number of morpholine rings is 1. The van der Waals surface area contributed by atoms with Crippen LogP contribution in [0.4, 0.5) is 0 Å². The van der Waals surface area contributed by atoms with Crippen LogP contribution in [0.25, 0.3) is 0 Å². The number of thiophene rings is 1.